The molecule has 1 aromatic carbocycles. The zero-order chi connectivity index (χ0) is 14.0. The van der Waals surface area contributed by atoms with Crippen LogP contribution in [-0.4, -0.2) is 24.1 Å². The van der Waals surface area contributed by atoms with Gasteiger partial charge in [-0.25, -0.2) is 0 Å². The summed E-state index contributed by atoms with van der Waals surface area (Å²) in [5, 5.41) is 11.7. The van der Waals surface area contributed by atoms with E-state index in [2.05, 4.69) is 5.32 Å². The number of anilines is 1. The number of hydrogen-bond acceptors (Lipinski definition) is 3. The maximum atomic E-state index is 12.1. The van der Waals surface area contributed by atoms with Crippen molar-refractivity contribution in [1.29, 1.82) is 0 Å². The van der Waals surface area contributed by atoms with E-state index in [9.17, 15) is 9.59 Å². The monoisotopic (exact) mass is 263 g/mol. The number of hydrogen-bond donors (Lipinski definition) is 2. The number of carbonyl (C=O) groups excluding carboxylic acids is 1. The molecule has 0 saturated heterocycles. The Morgan fingerprint density at radius 3 is 2.53 bits per heavy atom. The highest BCUT2D eigenvalue weighted by molar-refractivity contribution is 5.97. The Morgan fingerprint density at radius 2 is 2.00 bits per heavy atom. The van der Waals surface area contributed by atoms with E-state index in [1.165, 1.54) is 7.11 Å². The summed E-state index contributed by atoms with van der Waals surface area (Å²) in [6.07, 6.45) is 1.19. The van der Waals surface area contributed by atoms with E-state index in [4.69, 9.17) is 9.84 Å². The van der Waals surface area contributed by atoms with Crippen molar-refractivity contribution in [3.63, 3.8) is 0 Å². The molecule has 5 heteroatoms. The van der Waals surface area contributed by atoms with Crippen LogP contribution < -0.4 is 10.1 Å². The molecular formula is C14H17NO4. The number of methoxy groups -OCH3 is 1. The smallest absolute Gasteiger partial charge is 0.307 e. The molecule has 5 nitrogen and oxygen atoms in total. The molecule has 2 atom stereocenters. The van der Waals surface area contributed by atoms with Gasteiger partial charge in [0.15, 0.2) is 0 Å². The number of amides is 1. The standard InChI is InChI=1S/C14H17NO4/c1-8-3-6-12(19-2)11(7-8)15-13(16)9-4-5-10(9)14(17)18/h3,6-7,9-10H,4-5H2,1-2H3,(H,15,16)(H,17,18). The highest BCUT2D eigenvalue weighted by Crippen LogP contribution is 2.36. The van der Waals surface area contributed by atoms with Gasteiger partial charge in [-0.3, -0.25) is 9.59 Å². The third kappa shape index (κ3) is 2.70. The maximum Gasteiger partial charge on any atom is 0.307 e. The summed E-state index contributed by atoms with van der Waals surface area (Å²) in [4.78, 5) is 23.0. The van der Waals surface area contributed by atoms with Gasteiger partial charge >= 0.3 is 5.97 Å². The minimum Gasteiger partial charge on any atom is -0.495 e. The number of carboxylic acid groups (broad SMARTS) is 1. The predicted molar refractivity (Wildman–Crippen MR) is 70.2 cm³/mol. The average molecular weight is 263 g/mol. The van der Waals surface area contributed by atoms with Crippen LogP contribution in [0.2, 0.25) is 0 Å². The number of carboxylic acids is 1. The Balaban J connectivity index is 2.11. The third-order valence-corrected chi connectivity index (χ3v) is 3.54. The van der Waals surface area contributed by atoms with Gasteiger partial charge in [0.05, 0.1) is 24.6 Å². The third-order valence-electron chi connectivity index (χ3n) is 3.54. The molecule has 2 rings (SSSR count). The number of aliphatic carboxylic acids is 1. The summed E-state index contributed by atoms with van der Waals surface area (Å²) >= 11 is 0. The molecule has 1 fully saturated rings. The second-order valence-corrected chi connectivity index (χ2v) is 4.82. The van der Waals surface area contributed by atoms with Crippen molar-refractivity contribution in [3.05, 3.63) is 23.8 Å². The zero-order valence-corrected chi connectivity index (χ0v) is 11.0. The highest BCUT2D eigenvalue weighted by atomic mass is 16.5. The van der Waals surface area contributed by atoms with E-state index in [0.29, 0.717) is 24.3 Å². The largest absolute Gasteiger partial charge is 0.495 e. The molecule has 0 aliphatic heterocycles. The molecule has 1 saturated carbocycles. The maximum absolute atomic E-state index is 12.1. The van der Waals surface area contributed by atoms with Crippen LogP contribution in [0.4, 0.5) is 5.69 Å². The Labute approximate surface area is 111 Å². The molecule has 1 amide bonds. The molecular weight excluding hydrogens is 246 g/mol. The fraction of sp³-hybridized carbons (Fsp3) is 0.429. The van der Waals surface area contributed by atoms with Gasteiger partial charge < -0.3 is 15.2 Å². The molecule has 1 aliphatic carbocycles. The van der Waals surface area contributed by atoms with E-state index < -0.39 is 17.8 Å². The van der Waals surface area contributed by atoms with Crippen molar-refractivity contribution in [3.8, 4) is 5.75 Å². The molecule has 0 heterocycles. The number of aryl methyl sites for hydroxylation is 1. The molecule has 0 aromatic heterocycles. The molecule has 1 aliphatic rings. The van der Waals surface area contributed by atoms with Gasteiger partial charge in [0.25, 0.3) is 0 Å². The lowest BCUT2D eigenvalue weighted by Gasteiger charge is -2.32. The fourth-order valence-electron chi connectivity index (χ4n) is 2.25. The Morgan fingerprint density at radius 1 is 1.32 bits per heavy atom. The first kappa shape index (κ1) is 13.4. The van der Waals surface area contributed by atoms with Crippen LogP contribution in [0.25, 0.3) is 0 Å². The minimum absolute atomic E-state index is 0.248. The van der Waals surface area contributed by atoms with Crippen LogP contribution in [0, 0.1) is 18.8 Å². The van der Waals surface area contributed by atoms with Gasteiger partial charge in [0, 0.05) is 0 Å². The topological polar surface area (TPSA) is 75.6 Å². The van der Waals surface area contributed by atoms with E-state index in [0.717, 1.165) is 5.56 Å². The van der Waals surface area contributed by atoms with Crippen LogP contribution in [-0.2, 0) is 9.59 Å². The first-order valence-corrected chi connectivity index (χ1v) is 6.21. The minimum atomic E-state index is -0.900. The van der Waals surface area contributed by atoms with E-state index >= 15 is 0 Å². The van der Waals surface area contributed by atoms with Gasteiger partial charge in [-0.2, -0.15) is 0 Å². The lowest BCUT2D eigenvalue weighted by atomic mass is 9.73. The van der Waals surface area contributed by atoms with Crippen molar-refractivity contribution in [2.24, 2.45) is 11.8 Å². The number of carbonyl (C=O) groups is 2. The Kier molecular flexibility index (Phi) is 3.74. The Bertz CT molecular complexity index is 512. The van der Waals surface area contributed by atoms with Crippen LogP contribution in [0.5, 0.6) is 5.75 Å². The number of rotatable bonds is 4. The fourth-order valence-corrected chi connectivity index (χ4v) is 2.25. The second kappa shape index (κ2) is 5.30. The quantitative estimate of drug-likeness (QED) is 0.871. The van der Waals surface area contributed by atoms with Crippen LogP contribution >= 0.6 is 0 Å². The SMILES string of the molecule is COc1ccc(C)cc1NC(=O)C1CCC1C(=O)O. The molecule has 2 unspecified atom stereocenters. The van der Waals surface area contributed by atoms with Crippen molar-refractivity contribution in [1.82, 2.24) is 0 Å². The van der Waals surface area contributed by atoms with Crippen molar-refractivity contribution in [2.75, 3.05) is 12.4 Å². The molecule has 19 heavy (non-hydrogen) atoms. The summed E-state index contributed by atoms with van der Waals surface area (Å²) in [6, 6.07) is 5.48. The summed E-state index contributed by atoms with van der Waals surface area (Å²) in [6.45, 7) is 1.92. The summed E-state index contributed by atoms with van der Waals surface area (Å²) in [5.74, 6) is -1.58. The molecule has 1 aromatic rings. The molecule has 2 N–H and O–H groups in total. The lowest BCUT2D eigenvalue weighted by molar-refractivity contribution is -0.151. The predicted octanol–water partition coefficient (Wildman–Crippen LogP) is 2.05. The van der Waals surface area contributed by atoms with E-state index in [1.807, 2.05) is 19.1 Å². The molecule has 0 bridgehead atoms. The van der Waals surface area contributed by atoms with E-state index in [-0.39, 0.29) is 5.91 Å². The van der Waals surface area contributed by atoms with E-state index in [1.54, 1.807) is 6.07 Å². The average Bonchev–Trinajstić information content (AvgIpc) is 2.26. The Hall–Kier alpha value is -2.04. The van der Waals surface area contributed by atoms with Crippen LogP contribution in [0.15, 0.2) is 18.2 Å². The van der Waals surface area contributed by atoms with Gasteiger partial charge in [0.2, 0.25) is 5.91 Å². The van der Waals surface area contributed by atoms with Gasteiger partial charge in [-0.1, -0.05) is 6.07 Å². The summed E-state index contributed by atoms with van der Waals surface area (Å²) in [5.41, 5.74) is 1.59. The van der Waals surface area contributed by atoms with Crippen LogP contribution in [0.3, 0.4) is 0 Å². The van der Waals surface area contributed by atoms with Crippen molar-refractivity contribution < 1.29 is 19.4 Å². The van der Waals surface area contributed by atoms with Crippen molar-refractivity contribution >= 4 is 17.6 Å². The zero-order valence-electron chi connectivity index (χ0n) is 11.0. The van der Waals surface area contributed by atoms with Gasteiger partial charge in [-0.15, -0.1) is 0 Å². The summed E-state index contributed by atoms with van der Waals surface area (Å²) in [7, 11) is 1.53. The van der Waals surface area contributed by atoms with Crippen LogP contribution in [0.1, 0.15) is 18.4 Å². The second-order valence-electron chi connectivity index (χ2n) is 4.82. The van der Waals surface area contributed by atoms with Gasteiger partial charge in [0.1, 0.15) is 5.75 Å². The van der Waals surface area contributed by atoms with Gasteiger partial charge in [-0.05, 0) is 37.5 Å². The van der Waals surface area contributed by atoms with Crippen molar-refractivity contribution in [2.45, 2.75) is 19.8 Å². The molecule has 102 valence electrons. The number of ether oxygens (including phenoxy) is 1. The normalized spacial score (nSPS) is 21.4. The number of benzene rings is 1. The first-order valence-electron chi connectivity index (χ1n) is 6.21. The molecule has 0 spiro atoms. The lowest BCUT2D eigenvalue weighted by Crippen LogP contribution is -2.41. The number of nitrogens with one attached hydrogen (secondary N) is 1. The first-order chi connectivity index (χ1) is 9.02. The molecule has 0 radical (unpaired) electrons. The highest BCUT2D eigenvalue weighted by Gasteiger charge is 2.41. The summed E-state index contributed by atoms with van der Waals surface area (Å²) < 4.78 is 5.18.